The van der Waals surface area contributed by atoms with Crippen LogP contribution in [0.25, 0.3) is 0 Å². The van der Waals surface area contributed by atoms with Crippen LogP contribution in [0, 0.1) is 0 Å². The second-order valence-corrected chi connectivity index (χ2v) is 5.58. The van der Waals surface area contributed by atoms with Crippen molar-refractivity contribution in [3.8, 4) is 17.2 Å². The van der Waals surface area contributed by atoms with Crippen molar-refractivity contribution in [2.24, 2.45) is 0 Å². The highest BCUT2D eigenvalue weighted by Crippen LogP contribution is 2.41. The summed E-state index contributed by atoms with van der Waals surface area (Å²) in [4.78, 5) is 13.2. The van der Waals surface area contributed by atoms with E-state index in [0.717, 1.165) is 4.47 Å². The first kappa shape index (κ1) is 14.9. The molecule has 0 amide bonds. The van der Waals surface area contributed by atoms with Crippen LogP contribution >= 0.6 is 27.3 Å². The number of thiophene rings is 1. The predicted octanol–water partition coefficient (Wildman–Crippen LogP) is 3.77. The Morgan fingerprint density at radius 1 is 1.05 bits per heavy atom. The molecule has 2 aromatic rings. The van der Waals surface area contributed by atoms with Gasteiger partial charge >= 0.3 is 0 Å². The molecule has 2 rings (SSSR count). The Kier molecular flexibility index (Phi) is 4.67. The van der Waals surface area contributed by atoms with Gasteiger partial charge in [-0.05, 0) is 39.5 Å². The maximum Gasteiger partial charge on any atom is 0.207 e. The van der Waals surface area contributed by atoms with Crippen molar-refractivity contribution in [3.63, 3.8) is 0 Å². The van der Waals surface area contributed by atoms with Crippen LogP contribution in [0.1, 0.15) is 15.2 Å². The minimum absolute atomic E-state index is 0.121. The Balaban J connectivity index is 2.57. The smallest absolute Gasteiger partial charge is 0.207 e. The fraction of sp³-hybridized carbons (Fsp3) is 0.214. The van der Waals surface area contributed by atoms with Gasteiger partial charge in [-0.2, -0.15) is 0 Å². The Labute approximate surface area is 129 Å². The van der Waals surface area contributed by atoms with Gasteiger partial charge in [0.2, 0.25) is 11.5 Å². The molecule has 0 fully saturated rings. The number of halogens is 1. The predicted molar refractivity (Wildman–Crippen MR) is 81.5 cm³/mol. The molecule has 0 saturated heterocycles. The van der Waals surface area contributed by atoms with Crippen molar-refractivity contribution < 1.29 is 19.0 Å². The third-order valence-corrected chi connectivity index (χ3v) is 4.61. The first-order valence-corrected chi connectivity index (χ1v) is 7.38. The lowest BCUT2D eigenvalue weighted by atomic mass is 10.1. The molecule has 106 valence electrons. The molecule has 20 heavy (non-hydrogen) atoms. The maximum absolute atomic E-state index is 12.6. The minimum atomic E-state index is -0.121. The van der Waals surface area contributed by atoms with E-state index < -0.39 is 0 Å². The second kappa shape index (κ2) is 6.28. The Morgan fingerprint density at radius 2 is 1.75 bits per heavy atom. The van der Waals surface area contributed by atoms with Gasteiger partial charge < -0.3 is 14.2 Å². The summed E-state index contributed by atoms with van der Waals surface area (Å²) >= 11 is 4.74. The van der Waals surface area contributed by atoms with E-state index in [-0.39, 0.29) is 5.78 Å². The molecule has 1 aromatic heterocycles. The van der Waals surface area contributed by atoms with Crippen LogP contribution < -0.4 is 14.2 Å². The van der Waals surface area contributed by atoms with E-state index in [4.69, 9.17) is 14.2 Å². The quantitative estimate of drug-likeness (QED) is 0.765. The molecule has 0 atom stereocenters. The lowest BCUT2D eigenvalue weighted by molar-refractivity contribution is 0.103. The van der Waals surface area contributed by atoms with Crippen LogP contribution in [0.5, 0.6) is 17.2 Å². The number of hydrogen-bond donors (Lipinski definition) is 0. The number of carbonyl (C=O) groups is 1. The molecule has 1 aromatic carbocycles. The molecule has 0 aliphatic heterocycles. The summed E-state index contributed by atoms with van der Waals surface area (Å²) in [6, 6.07) is 5.20. The third-order valence-electron chi connectivity index (χ3n) is 2.77. The molecular weight excluding hydrogens is 344 g/mol. The molecule has 1 heterocycles. The average molecular weight is 357 g/mol. The molecule has 0 aliphatic carbocycles. The van der Waals surface area contributed by atoms with E-state index in [9.17, 15) is 4.79 Å². The summed E-state index contributed by atoms with van der Waals surface area (Å²) in [6.07, 6.45) is 0. The molecule has 4 nitrogen and oxygen atoms in total. The van der Waals surface area contributed by atoms with Gasteiger partial charge in [0.05, 0.1) is 31.8 Å². The number of carbonyl (C=O) groups excluding carboxylic acids is 1. The minimum Gasteiger partial charge on any atom is -0.493 e. The zero-order valence-electron chi connectivity index (χ0n) is 11.2. The summed E-state index contributed by atoms with van der Waals surface area (Å²) < 4.78 is 16.6. The number of rotatable bonds is 5. The topological polar surface area (TPSA) is 44.8 Å². The van der Waals surface area contributed by atoms with E-state index in [0.29, 0.717) is 27.7 Å². The molecule has 0 bridgehead atoms. The number of ketones is 1. The van der Waals surface area contributed by atoms with E-state index >= 15 is 0 Å². The highest BCUT2D eigenvalue weighted by atomic mass is 79.9. The summed E-state index contributed by atoms with van der Waals surface area (Å²) in [7, 11) is 4.54. The second-order valence-electron chi connectivity index (χ2n) is 3.81. The average Bonchev–Trinajstić information content (AvgIpc) is 2.90. The van der Waals surface area contributed by atoms with Crippen LogP contribution in [0.15, 0.2) is 28.1 Å². The Hall–Kier alpha value is -1.53. The van der Waals surface area contributed by atoms with Crippen molar-refractivity contribution in [3.05, 3.63) is 38.5 Å². The fourth-order valence-electron chi connectivity index (χ4n) is 1.86. The molecular formula is C14H13BrO4S. The monoisotopic (exact) mass is 356 g/mol. The molecule has 0 N–H and O–H groups in total. The fourth-order valence-corrected chi connectivity index (χ4v) is 3.36. The van der Waals surface area contributed by atoms with Gasteiger partial charge in [-0.25, -0.2) is 0 Å². The number of ether oxygens (including phenoxy) is 3. The molecule has 0 radical (unpaired) electrons. The van der Waals surface area contributed by atoms with Gasteiger partial charge in [0, 0.05) is 4.47 Å². The number of methoxy groups -OCH3 is 3. The summed E-state index contributed by atoms with van der Waals surface area (Å²) in [5.74, 6) is 1.18. The first-order valence-electron chi connectivity index (χ1n) is 5.70. The normalized spacial score (nSPS) is 10.2. The van der Waals surface area contributed by atoms with Gasteiger partial charge in [-0.1, -0.05) is 0 Å². The van der Waals surface area contributed by atoms with Gasteiger partial charge in [-0.15, -0.1) is 11.3 Å². The van der Waals surface area contributed by atoms with E-state index in [1.54, 1.807) is 12.1 Å². The maximum atomic E-state index is 12.6. The van der Waals surface area contributed by atoms with Crippen LogP contribution in [0.3, 0.4) is 0 Å². The van der Waals surface area contributed by atoms with Gasteiger partial charge in [0.25, 0.3) is 0 Å². The van der Waals surface area contributed by atoms with E-state index in [2.05, 4.69) is 15.9 Å². The zero-order chi connectivity index (χ0) is 14.7. The van der Waals surface area contributed by atoms with Gasteiger partial charge in [0.1, 0.15) is 0 Å². The first-order chi connectivity index (χ1) is 9.63. The lowest BCUT2D eigenvalue weighted by Crippen LogP contribution is -2.05. The zero-order valence-corrected chi connectivity index (χ0v) is 13.6. The molecule has 0 unspecified atom stereocenters. The van der Waals surface area contributed by atoms with E-state index in [1.165, 1.54) is 32.7 Å². The molecule has 0 spiro atoms. The highest BCUT2D eigenvalue weighted by molar-refractivity contribution is 9.10. The number of benzene rings is 1. The van der Waals surface area contributed by atoms with Gasteiger partial charge in [-0.3, -0.25) is 4.79 Å². The summed E-state index contributed by atoms with van der Waals surface area (Å²) in [5, 5.41) is 1.85. The van der Waals surface area contributed by atoms with Crippen molar-refractivity contribution in [1.82, 2.24) is 0 Å². The standard InChI is InChI=1S/C14H13BrO4S/c1-17-10-5-4-8(12(18-2)13(10)19-3)11(16)14-9(15)6-7-20-14/h4-7H,1-3H3. The molecule has 0 aliphatic rings. The number of hydrogen-bond acceptors (Lipinski definition) is 5. The van der Waals surface area contributed by atoms with Crippen molar-refractivity contribution in [2.75, 3.05) is 21.3 Å². The SMILES string of the molecule is COc1ccc(C(=O)c2sccc2Br)c(OC)c1OC. The summed E-state index contributed by atoms with van der Waals surface area (Å²) in [5.41, 5.74) is 0.438. The van der Waals surface area contributed by atoms with Crippen LogP contribution in [-0.2, 0) is 0 Å². The van der Waals surface area contributed by atoms with Crippen molar-refractivity contribution >= 4 is 33.0 Å². The van der Waals surface area contributed by atoms with E-state index in [1.807, 2.05) is 11.4 Å². The van der Waals surface area contributed by atoms with Crippen LogP contribution in [-0.4, -0.2) is 27.1 Å². The van der Waals surface area contributed by atoms with Gasteiger partial charge in [0.15, 0.2) is 11.5 Å². The van der Waals surface area contributed by atoms with Crippen LogP contribution in [0.2, 0.25) is 0 Å². The van der Waals surface area contributed by atoms with Crippen molar-refractivity contribution in [2.45, 2.75) is 0 Å². The highest BCUT2D eigenvalue weighted by Gasteiger charge is 2.23. The van der Waals surface area contributed by atoms with Crippen LogP contribution in [0.4, 0.5) is 0 Å². The Morgan fingerprint density at radius 3 is 2.25 bits per heavy atom. The molecule has 6 heteroatoms. The lowest BCUT2D eigenvalue weighted by Gasteiger charge is -2.14. The Bertz CT molecular complexity index is 636. The third kappa shape index (κ3) is 2.53. The van der Waals surface area contributed by atoms with Crippen molar-refractivity contribution in [1.29, 1.82) is 0 Å². The summed E-state index contributed by atoms with van der Waals surface area (Å²) in [6.45, 7) is 0. The largest absolute Gasteiger partial charge is 0.493 e. The molecule has 0 saturated carbocycles.